The van der Waals surface area contributed by atoms with Gasteiger partial charge in [0.05, 0.1) is 0 Å². The molecule has 0 spiro atoms. The molecule has 1 unspecified atom stereocenters. The van der Waals surface area contributed by atoms with Gasteiger partial charge in [0.25, 0.3) is 0 Å². The molecule has 2 heterocycles. The van der Waals surface area contributed by atoms with Gasteiger partial charge in [-0.3, -0.25) is 0 Å². The lowest BCUT2D eigenvalue weighted by molar-refractivity contribution is 0.162. The van der Waals surface area contributed by atoms with E-state index in [1.807, 2.05) is 20.0 Å². The molecule has 17 heavy (non-hydrogen) atoms. The maximum atomic E-state index is 5.89. The molecule has 3 N–H and O–H groups in total. The third-order valence-corrected chi connectivity index (χ3v) is 3.56. The molecule has 1 atom stereocenters. The van der Waals surface area contributed by atoms with E-state index in [1.54, 1.807) is 6.20 Å². The summed E-state index contributed by atoms with van der Waals surface area (Å²) in [6, 6.07) is 0. The third-order valence-electron chi connectivity index (χ3n) is 3.56. The maximum Gasteiger partial charge on any atom is 0.149 e. The zero-order chi connectivity index (χ0) is 12.4. The Morgan fingerprint density at radius 3 is 2.71 bits per heavy atom. The van der Waals surface area contributed by atoms with Gasteiger partial charge in [-0.1, -0.05) is 20.3 Å². The Labute approximate surface area is 103 Å². The lowest BCUT2D eigenvalue weighted by Gasteiger charge is -2.37. The number of nitrogens with zero attached hydrogens (tertiary/aromatic N) is 2. The van der Waals surface area contributed by atoms with Crippen LogP contribution in [0.25, 0.3) is 0 Å². The second-order valence-corrected chi connectivity index (χ2v) is 4.47. The van der Waals surface area contributed by atoms with Crippen molar-refractivity contribution in [1.82, 2.24) is 10.2 Å². The van der Waals surface area contributed by atoms with Crippen molar-refractivity contribution in [3.05, 3.63) is 23.8 Å². The fourth-order valence-electron chi connectivity index (χ4n) is 2.53. The number of rotatable bonds is 1. The Morgan fingerprint density at radius 1 is 1.41 bits per heavy atom. The summed E-state index contributed by atoms with van der Waals surface area (Å²) in [6.45, 7) is 6.07. The minimum atomic E-state index is 0.402. The van der Waals surface area contributed by atoms with Gasteiger partial charge < -0.3 is 16.0 Å². The maximum absolute atomic E-state index is 5.89. The average Bonchev–Trinajstić information content (AvgIpc) is 2.58. The van der Waals surface area contributed by atoms with Crippen molar-refractivity contribution in [2.75, 3.05) is 0 Å². The van der Waals surface area contributed by atoms with Crippen molar-refractivity contribution in [3.8, 4) is 0 Å². The first-order valence-corrected chi connectivity index (χ1v) is 6.53. The summed E-state index contributed by atoms with van der Waals surface area (Å²) < 4.78 is 0. The summed E-state index contributed by atoms with van der Waals surface area (Å²) in [5, 5.41) is 3.52. The van der Waals surface area contributed by atoms with E-state index in [1.165, 1.54) is 19.3 Å². The zero-order valence-electron chi connectivity index (χ0n) is 10.9. The highest BCUT2D eigenvalue weighted by Crippen LogP contribution is 2.36. The predicted molar refractivity (Wildman–Crippen MR) is 70.9 cm³/mol. The van der Waals surface area contributed by atoms with E-state index in [0.29, 0.717) is 12.0 Å². The molecule has 0 saturated heterocycles. The van der Waals surface area contributed by atoms with Gasteiger partial charge >= 0.3 is 0 Å². The van der Waals surface area contributed by atoms with Gasteiger partial charge in [-0.25, -0.2) is 4.99 Å². The number of nitrogens with two attached hydrogens (primary N) is 1. The van der Waals surface area contributed by atoms with E-state index in [0.717, 1.165) is 17.3 Å². The SMILES string of the molecule is CC.CC1=C2C(N)=NC=CN2C(C2CCC2)N1. The van der Waals surface area contributed by atoms with Gasteiger partial charge in [0.15, 0.2) is 0 Å². The second kappa shape index (κ2) is 4.82. The van der Waals surface area contributed by atoms with Crippen LogP contribution in [0.3, 0.4) is 0 Å². The Bertz CT molecular complexity index is 377. The molecule has 0 aromatic carbocycles. The summed E-state index contributed by atoms with van der Waals surface area (Å²) in [6.07, 6.45) is 8.21. The van der Waals surface area contributed by atoms with Gasteiger partial charge in [0, 0.05) is 18.1 Å². The first-order chi connectivity index (χ1) is 8.27. The van der Waals surface area contributed by atoms with Crippen LogP contribution >= 0.6 is 0 Å². The van der Waals surface area contributed by atoms with Gasteiger partial charge in [0.2, 0.25) is 0 Å². The van der Waals surface area contributed by atoms with Gasteiger partial charge in [-0.15, -0.1) is 0 Å². The fourth-order valence-corrected chi connectivity index (χ4v) is 2.53. The minimum Gasteiger partial charge on any atom is -0.382 e. The van der Waals surface area contributed by atoms with Crippen molar-refractivity contribution >= 4 is 5.84 Å². The van der Waals surface area contributed by atoms with E-state index >= 15 is 0 Å². The number of amidine groups is 1. The monoisotopic (exact) mass is 234 g/mol. The smallest absolute Gasteiger partial charge is 0.149 e. The molecule has 1 aliphatic carbocycles. The molecule has 3 rings (SSSR count). The normalized spacial score (nSPS) is 26.6. The number of fused-ring (bicyclic) bond motifs is 1. The molecule has 4 nitrogen and oxygen atoms in total. The number of nitrogens with one attached hydrogen (secondary N) is 1. The molecular formula is C13H22N4. The van der Waals surface area contributed by atoms with Crippen molar-refractivity contribution < 1.29 is 0 Å². The Morgan fingerprint density at radius 2 is 2.12 bits per heavy atom. The lowest BCUT2D eigenvalue weighted by atomic mass is 9.82. The molecule has 0 amide bonds. The number of hydrogen-bond donors (Lipinski definition) is 2. The molecule has 1 fully saturated rings. The minimum absolute atomic E-state index is 0.402. The van der Waals surface area contributed by atoms with Gasteiger partial charge in [0.1, 0.15) is 17.7 Å². The summed E-state index contributed by atoms with van der Waals surface area (Å²) >= 11 is 0. The van der Waals surface area contributed by atoms with Crippen molar-refractivity contribution in [1.29, 1.82) is 0 Å². The summed E-state index contributed by atoms with van der Waals surface area (Å²) in [4.78, 5) is 6.37. The van der Waals surface area contributed by atoms with Gasteiger partial charge in [-0.2, -0.15) is 0 Å². The molecule has 4 heteroatoms. The molecular weight excluding hydrogens is 212 g/mol. The molecule has 1 saturated carbocycles. The van der Waals surface area contributed by atoms with Crippen molar-refractivity contribution in [2.45, 2.75) is 46.2 Å². The summed E-state index contributed by atoms with van der Waals surface area (Å²) in [5.41, 5.74) is 8.11. The van der Waals surface area contributed by atoms with Crippen LogP contribution in [0, 0.1) is 5.92 Å². The highest BCUT2D eigenvalue weighted by Gasteiger charge is 2.38. The van der Waals surface area contributed by atoms with Crippen molar-refractivity contribution in [3.63, 3.8) is 0 Å². The highest BCUT2D eigenvalue weighted by atomic mass is 15.3. The van der Waals surface area contributed by atoms with Crippen LogP contribution in [0.2, 0.25) is 0 Å². The first-order valence-electron chi connectivity index (χ1n) is 6.53. The molecule has 0 aromatic heterocycles. The van der Waals surface area contributed by atoms with Gasteiger partial charge in [-0.05, 0) is 25.7 Å². The molecule has 0 radical (unpaired) electrons. The third kappa shape index (κ3) is 1.92. The summed E-state index contributed by atoms with van der Waals surface area (Å²) in [5.74, 6) is 1.39. The Balaban J connectivity index is 0.000000514. The molecule has 3 aliphatic rings. The second-order valence-electron chi connectivity index (χ2n) is 4.47. The topological polar surface area (TPSA) is 53.6 Å². The van der Waals surface area contributed by atoms with E-state index in [-0.39, 0.29) is 0 Å². The van der Waals surface area contributed by atoms with Crippen LogP contribution in [0.1, 0.15) is 40.0 Å². The van der Waals surface area contributed by atoms with Crippen LogP contribution in [0.5, 0.6) is 0 Å². The van der Waals surface area contributed by atoms with Crippen LogP contribution in [0.4, 0.5) is 0 Å². The van der Waals surface area contributed by atoms with E-state index < -0.39 is 0 Å². The summed E-state index contributed by atoms with van der Waals surface area (Å²) in [7, 11) is 0. The molecule has 0 aromatic rings. The fraction of sp³-hybridized carbons (Fsp3) is 0.615. The largest absolute Gasteiger partial charge is 0.382 e. The van der Waals surface area contributed by atoms with E-state index in [9.17, 15) is 0 Å². The number of allylic oxidation sites excluding steroid dienone is 1. The Hall–Kier alpha value is -1.45. The molecule has 94 valence electrons. The Kier molecular flexibility index (Phi) is 3.41. The van der Waals surface area contributed by atoms with Crippen LogP contribution in [-0.2, 0) is 0 Å². The predicted octanol–water partition coefficient (Wildman–Crippen LogP) is 2.12. The van der Waals surface area contributed by atoms with Crippen LogP contribution in [-0.4, -0.2) is 16.9 Å². The van der Waals surface area contributed by atoms with E-state index in [4.69, 9.17) is 5.73 Å². The standard InChI is InChI=1S/C11H16N4.C2H6/c1-7-9-10(12)13-5-6-15(9)11(14-7)8-3-2-4-8;1-2/h5-6,8,11,14H,2-4H2,1H3,(H2,12,13);1-2H3. The van der Waals surface area contributed by atoms with Crippen molar-refractivity contribution in [2.24, 2.45) is 16.6 Å². The first kappa shape index (κ1) is 12.0. The highest BCUT2D eigenvalue weighted by molar-refractivity contribution is 5.98. The van der Waals surface area contributed by atoms with E-state index in [2.05, 4.69) is 22.1 Å². The van der Waals surface area contributed by atoms with Crippen LogP contribution in [0.15, 0.2) is 28.8 Å². The quantitative estimate of drug-likeness (QED) is 0.730. The zero-order valence-corrected chi connectivity index (χ0v) is 10.9. The lowest BCUT2D eigenvalue weighted by Crippen LogP contribution is -2.45. The molecule has 0 bridgehead atoms. The average molecular weight is 234 g/mol. The number of aliphatic imine (C=N–C) groups is 1. The van der Waals surface area contributed by atoms with Crippen LogP contribution < -0.4 is 11.1 Å². The molecule has 2 aliphatic heterocycles. The number of hydrogen-bond acceptors (Lipinski definition) is 4.